The van der Waals surface area contributed by atoms with Crippen LogP contribution in [0.2, 0.25) is 0 Å². The predicted molar refractivity (Wildman–Crippen MR) is 76.9 cm³/mol. The molecule has 1 fully saturated rings. The molecule has 0 atom stereocenters. The van der Waals surface area contributed by atoms with E-state index < -0.39 is 0 Å². The maximum atomic E-state index is 11.7. The average molecular weight is 278 g/mol. The van der Waals surface area contributed by atoms with Crippen molar-refractivity contribution < 1.29 is 15.0 Å². The van der Waals surface area contributed by atoms with Gasteiger partial charge in [0.05, 0.1) is 0 Å². The Morgan fingerprint density at radius 1 is 1.15 bits per heavy atom. The summed E-state index contributed by atoms with van der Waals surface area (Å²) in [6.07, 6.45) is 6.41. The van der Waals surface area contributed by atoms with E-state index in [1.807, 2.05) is 0 Å². The van der Waals surface area contributed by atoms with Crippen molar-refractivity contribution in [1.29, 1.82) is 0 Å². The summed E-state index contributed by atoms with van der Waals surface area (Å²) in [7, 11) is 0. The Hall–Kier alpha value is -1.91. The van der Waals surface area contributed by atoms with Gasteiger partial charge in [-0.05, 0) is 37.0 Å². The number of phenolic OH excluding ortho intramolecular Hbond substituents is 2. The van der Waals surface area contributed by atoms with Gasteiger partial charge in [-0.2, -0.15) is 0 Å². The maximum absolute atomic E-state index is 11.7. The van der Waals surface area contributed by atoms with Crippen LogP contribution in [0.4, 0.5) is 4.79 Å². The van der Waals surface area contributed by atoms with E-state index in [4.69, 9.17) is 0 Å². The number of phenols is 2. The van der Waals surface area contributed by atoms with Gasteiger partial charge in [0.25, 0.3) is 0 Å². The summed E-state index contributed by atoms with van der Waals surface area (Å²) < 4.78 is 0. The lowest BCUT2D eigenvalue weighted by molar-refractivity contribution is 0.233. The number of rotatable bonds is 4. The van der Waals surface area contributed by atoms with Crippen LogP contribution in [0.1, 0.15) is 37.7 Å². The molecule has 5 nitrogen and oxygen atoms in total. The summed E-state index contributed by atoms with van der Waals surface area (Å²) in [5.41, 5.74) is 0.873. The third kappa shape index (κ3) is 4.33. The van der Waals surface area contributed by atoms with E-state index in [0.29, 0.717) is 19.0 Å². The molecular formula is C15H22N2O3. The minimum atomic E-state index is -0.130. The van der Waals surface area contributed by atoms with Gasteiger partial charge in [-0.25, -0.2) is 4.79 Å². The lowest BCUT2D eigenvalue weighted by Gasteiger charge is -2.22. The van der Waals surface area contributed by atoms with Crippen LogP contribution in [-0.4, -0.2) is 28.8 Å². The van der Waals surface area contributed by atoms with Gasteiger partial charge in [0.2, 0.25) is 0 Å². The molecule has 0 aliphatic heterocycles. The average Bonchev–Trinajstić information content (AvgIpc) is 2.44. The van der Waals surface area contributed by atoms with Crippen LogP contribution in [0, 0.1) is 0 Å². The lowest BCUT2D eigenvalue weighted by atomic mass is 9.96. The minimum absolute atomic E-state index is 0.125. The summed E-state index contributed by atoms with van der Waals surface area (Å²) in [6, 6.07) is 4.87. The van der Waals surface area contributed by atoms with Crippen molar-refractivity contribution in [2.75, 3.05) is 6.54 Å². The summed E-state index contributed by atoms with van der Waals surface area (Å²) in [6.45, 7) is 0.503. The van der Waals surface area contributed by atoms with Crippen molar-refractivity contribution in [2.24, 2.45) is 0 Å². The van der Waals surface area contributed by atoms with Gasteiger partial charge >= 0.3 is 6.03 Å². The number of benzene rings is 1. The smallest absolute Gasteiger partial charge is 0.315 e. The van der Waals surface area contributed by atoms with Crippen LogP contribution < -0.4 is 10.6 Å². The first kappa shape index (κ1) is 14.5. The summed E-state index contributed by atoms with van der Waals surface area (Å²) in [5.74, 6) is -0.258. The molecule has 110 valence electrons. The third-order valence-electron chi connectivity index (χ3n) is 3.68. The number of carbonyl (C=O) groups is 1. The fourth-order valence-electron chi connectivity index (χ4n) is 2.53. The van der Waals surface area contributed by atoms with Crippen LogP contribution in [0.25, 0.3) is 0 Å². The summed E-state index contributed by atoms with van der Waals surface area (Å²) in [4.78, 5) is 11.7. The Bertz CT molecular complexity index is 456. The van der Waals surface area contributed by atoms with Crippen LogP contribution in [0.5, 0.6) is 11.5 Å². The van der Waals surface area contributed by atoms with Gasteiger partial charge in [0.1, 0.15) is 0 Å². The highest BCUT2D eigenvalue weighted by Gasteiger charge is 2.15. The Morgan fingerprint density at radius 2 is 1.90 bits per heavy atom. The van der Waals surface area contributed by atoms with Crippen LogP contribution in [0.3, 0.4) is 0 Å². The molecule has 0 spiro atoms. The van der Waals surface area contributed by atoms with Gasteiger partial charge in [0.15, 0.2) is 11.5 Å². The van der Waals surface area contributed by atoms with Crippen molar-refractivity contribution in [2.45, 2.75) is 44.6 Å². The van der Waals surface area contributed by atoms with Crippen molar-refractivity contribution in [3.8, 4) is 11.5 Å². The second-order valence-corrected chi connectivity index (χ2v) is 5.31. The number of aromatic hydroxyl groups is 2. The van der Waals surface area contributed by atoms with Crippen molar-refractivity contribution in [3.63, 3.8) is 0 Å². The van der Waals surface area contributed by atoms with Crippen LogP contribution >= 0.6 is 0 Å². The zero-order valence-electron chi connectivity index (χ0n) is 11.6. The first-order chi connectivity index (χ1) is 9.65. The fraction of sp³-hybridized carbons (Fsp3) is 0.533. The molecule has 4 N–H and O–H groups in total. The second kappa shape index (κ2) is 7.03. The quantitative estimate of drug-likeness (QED) is 0.638. The van der Waals surface area contributed by atoms with E-state index in [1.165, 1.54) is 31.4 Å². The first-order valence-corrected chi connectivity index (χ1v) is 7.20. The third-order valence-corrected chi connectivity index (χ3v) is 3.68. The standard InChI is InChI=1S/C15H22N2O3/c18-13-7-6-11(10-14(13)19)8-9-16-15(20)17-12-4-2-1-3-5-12/h6-7,10,12,18-19H,1-5,8-9H2,(H2,16,17,20). The van der Waals surface area contributed by atoms with E-state index in [-0.39, 0.29) is 17.5 Å². The second-order valence-electron chi connectivity index (χ2n) is 5.31. The van der Waals surface area contributed by atoms with Gasteiger partial charge < -0.3 is 20.8 Å². The summed E-state index contributed by atoms with van der Waals surface area (Å²) >= 11 is 0. The van der Waals surface area contributed by atoms with Crippen LogP contribution in [0.15, 0.2) is 18.2 Å². The molecule has 1 aliphatic carbocycles. The Morgan fingerprint density at radius 3 is 2.60 bits per heavy atom. The monoisotopic (exact) mass is 278 g/mol. The Kier molecular flexibility index (Phi) is 5.09. The molecule has 0 heterocycles. The molecule has 1 aliphatic rings. The topological polar surface area (TPSA) is 81.6 Å². The Balaban J connectivity index is 1.69. The number of hydrogen-bond acceptors (Lipinski definition) is 3. The molecule has 1 saturated carbocycles. The highest BCUT2D eigenvalue weighted by atomic mass is 16.3. The SMILES string of the molecule is O=C(NCCc1ccc(O)c(O)c1)NC1CCCCC1. The van der Waals surface area contributed by atoms with Gasteiger partial charge in [-0.3, -0.25) is 0 Å². The normalized spacial score (nSPS) is 15.8. The van der Waals surface area contributed by atoms with E-state index in [9.17, 15) is 15.0 Å². The molecule has 2 amide bonds. The minimum Gasteiger partial charge on any atom is -0.504 e. The number of carbonyl (C=O) groups excluding carboxylic acids is 1. The lowest BCUT2D eigenvalue weighted by Crippen LogP contribution is -2.43. The highest BCUT2D eigenvalue weighted by Crippen LogP contribution is 2.24. The van der Waals surface area contributed by atoms with Crippen molar-refractivity contribution >= 4 is 6.03 Å². The number of nitrogens with one attached hydrogen (secondary N) is 2. The molecular weight excluding hydrogens is 256 g/mol. The van der Waals surface area contributed by atoms with Gasteiger partial charge in [-0.15, -0.1) is 0 Å². The van der Waals surface area contributed by atoms with E-state index in [1.54, 1.807) is 6.07 Å². The van der Waals surface area contributed by atoms with E-state index in [2.05, 4.69) is 10.6 Å². The predicted octanol–water partition coefficient (Wildman–Crippen LogP) is 2.27. The zero-order valence-corrected chi connectivity index (χ0v) is 11.6. The van der Waals surface area contributed by atoms with Crippen LogP contribution in [-0.2, 0) is 6.42 Å². The fourth-order valence-corrected chi connectivity index (χ4v) is 2.53. The molecule has 5 heteroatoms. The van der Waals surface area contributed by atoms with Gasteiger partial charge in [0, 0.05) is 12.6 Å². The molecule has 1 aromatic rings. The molecule has 0 bridgehead atoms. The molecule has 2 rings (SSSR count). The molecule has 0 radical (unpaired) electrons. The van der Waals surface area contributed by atoms with Crippen molar-refractivity contribution in [1.82, 2.24) is 10.6 Å². The molecule has 0 aromatic heterocycles. The van der Waals surface area contributed by atoms with E-state index in [0.717, 1.165) is 18.4 Å². The molecule has 1 aromatic carbocycles. The molecule has 0 saturated heterocycles. The first-order valence-electron chi connectivity index (χ1n) is 7.20. The Labute approximate surface area is 119 Å². The largest absolute Gasteiger partial charge is 0.504 e. The highest BCUT2D eigenvalue weighted by molar-refractivity contribution is 5.74. The van der Waals surface area contributed by atoms with E-state index >= 15 is 0 Å². The number of amides is 2. The molecule has 20 heavy (non-hydrogen) atoms. The number of urea groups is 1. The maximum Gasteiger partial charge on any atom is 0.315 e. The zero-order chi connectivity index (χ0) is 14.4. The van der Waals surface area contributed by atoms with Crippen molar-refractivity contribution in [3.05, 3.63) is 23.8 Å². The van der Waals surface area contributed by atoms with Gasteiger partial charge in [-0.1, -0.05) is 25.3 Å². The summed E-state index contributed by atoms with van der Waals surface area (Å²) in [5, 5.41) is 24.4. The number of hydrogen-bond donors (Lipinski definition) is 4. The molecule has 0 unspecified atom stereocenters.